The Morgan fingerprint density at radius 3 is 2.78 bits per heavy atom. The van der Waals surface area contributed by atoms with Crippen molar-refractivity contribution in [1.29, 1.82) is 0 Å². The van der Waals surface area contributed by atoms with Crippen LogP contribution in [0.4, 0.5) is 0 Å². The van der Waals surface area contributed by atoms with Crippen LogP contribution >= 0.6 is 0 Å². The Kier molecular flexibility index (Phi) is 4.78. The van der Waals surface area contributed by atoms with Crippen molar-refractivity contribution in [1.82, 2.24) is 14.7 Å². The quantitative estimate of drug-likeness (QED) is 0.763. The summed E-state index contributed by atoms with van der Waals surface area (Å²) in [6.45, 7) is 9.28. The zero-order chi connectivity index (χ0) is 13.0. The summed E-state index contributed by atoms with van der Waals surface area (Å²) in [7, 11) is 0. The number of nitrogens with zero attached hydrogens (tertiary/aromatic N) is 3. The van der Waals surface area contributed by atoms with Crippen molar-refractivity contribution in [3.8, 4) is 0 Å². The van der Waals surface area contributed by atoms with Gasteiger partial charge in [0.15, 0.2) is 0 Å². The largest absolute Gasteiger partial charge is 0.329 e. The molecule has 1 saturated carbocycles. The van der Waals surface area contributed by atoms with Crippen molar-refractivity contribution in [3.63, 3.8) is 0 Å². The summed E-state index contributed by atoms with van der Waals surface area (Å²) < 4.78 is 2.12. The van der Waals surface area contributed by atoms with Gasteiger partial charge in [-0.1, -0.05) is 6.92 Å². The van der Waals surface area contributed by atoms with Gasteiger partial charge in [-0.15, -0.1) is 0 Å². The molecule has 1 heterocycles. The lowest BCUT2D eigenvalue weighted by Crippen LogP contribution is -2.31. The number of hydrogen-bond donors (Lipinski definition) is 1. The zero-order valence-corrected chi connectivity index (χ0v) is 11.7. The number of aryl methyl sites for hydroxylation is 1. The van der Waals surface area contributed by atoms with E-state index in [0.717, 1.165) is 38.5 Å². The average Bonchev–Trinajstić information content (AvgIpc) is 3.08. The molecule has 0 aliphatic heterocycles. The van der Waals surface area contributed by atoms with Crippen molar-refractivity contribution in [2.24, 2.45) is 11.7 Å². The summed E-state index contributed by atoms with van der Waals surface area (Å²) in [6.07, 6.45) is 5.90. The molecule has 0 spiro atoms. The Bertz CT molecular complexity index is 368. The van der Waals surface area contributed by atoms with E-state index in [0.29, 0.717) is 0 Å². The fraction of sp³-hybridized carbons (Fsp3) is 0.786. The van der Waals surface area contributed by atoms with Gasteiger partial charge in [0.1, 0.15) is 0 Å². The first-order valence-corrected chi connectivity index (χ1v) is 7.24. The lowest BCUT2D eigenvalue weighted by atomic mass is 10.2. The summed E-state index contributed by atoms with van der Waals surface area (Å²) in [5, 5.41) is 4.47. The standard InChI is InChI=1S/C14H26N4/c1-3-14-13(9-16-18(14)4-2)11-17(8-7-15)10-12-5-6-12/h9,12H,3-8,10-11,15H2,1-2H3. The smallest absolute Gasteiger partial charge is 0.0537 e. The molecule has 0 atom stereocenters. The van der Waals surface area contributed by atoms with Gasteiger partial charge in [0.05, 0.1) is 6.20 Å². The van der Waals surface area contributed by atoms with Crippen LogP contribution in [0.2, 0.25) is 0 Å². The first kappa shape index (κ1) is 13.6. The fourth-order valence-electron chi connectivity index (χ4n) is 2.59. The Morgan fingerprint density at radius 1 is 1.44 bits per heavy atom. The van der Waals surface area contributed by atoms with E-state index in [2.05, 4.69) is 28.5 Å². The van der Waals surface area contributed by atoms with Crippen LogP contribution in [0, 0.1) is 5.92 Å². The number of nitrogens with two attached hydrogens (primary N) is 1. The molecule has 1 aromatic rings. The maximum atomic E-state index is 5.72. The molecule has 0 radical (unpaired) electrons. The van der Waals surface area contributed by atoms with Gasteiger partial charge in [-0.3, -0.25) is 9.58 Å². The molecule has 4 heteroatoms. The topological polar surface area (TPSA) is 47.1 Å². The Hall–Kier alpha value is -0.870. The first-order chi connectivity index (χ1) is 8.78. The van der Waals surface area contributed by atoms with Gasteiger partial charge >= 0.3 is 0 Å². The number of rotatable bonds is 8. The van der Waals surface area contributed by atoms with E-state index < -0.39 is 0 Å². The van der Waals surface area contributed by atoms with Gasteiger partial charge in [0, 0.05) is 44.0 Å². The van der Waals surface area contributed by atoms with Crippen LogP contribution in [-0.4, -0.2) is 34.3 Å². The monoisotopic (exact) mass is 250 g/mol. The molecule has 102 valence electrons. The zero-order valence-electron chi connectivity index (χ0n) is 11.7. The highest BCUT2D eigenvalue weighted by atomic mass is 15.3. The van der Waals surface area contributed by atoms with Crippen molar-refractivity contribution < 1.29 is 0 Å². The van der Waals surface area contributed by atoms with E-state index in [1.54, 1.807) is 0 Å². The van der Waals surface area contributed by atoms with E-state index >= 15 is 0 Å². The van der Waals surface area contributed by atoms with Crippen LogP contribution in [0.5, 0.6) is 0 Å². The Morgan fingerprint density at radius 2 is 2.22 bits per heavy atom. The molecule has 2 N–H and O–H groups in total. The van der Waals surface area contributed by atoms with Crippen LogP contribution in [0.1, 0.15) is 37.9 Å². The molecule has 1 aliphatic carbocycles. The third-order valence-corrected chi connectivity index (χ3v) is 3.72. The van der Waals surface area contributed by atoms with Crippen LogP contribution in [0.15, 0.2) is 6.20 Å². The number of hydrogen-bond acceptors (Lipinski definition) is 3. The second kappa shape index (κ2) is 6.34. The van der Waals surface area contributed by atoms with E-state index in [1.807, 2.05) is 6.20 Å². The summed E-state index contributed by atoms with van der Waals surface area (Å²) >= 11 is 0. The van der Waals surface area contributed by atoms with Gasteiger partial charge < -0.3 is 5.73 Å². The second-order valence-corrected chi connectivity index (χ2v) is 5.25. The second-order valence-electron chi connectivity index (χ2n) is 5.25. The maximum Gasteiger partial charge on any atom is 0.0537 e. The normalized spacial score (nSPS) is 15.6. The predicted octanol–water partition coefficient (Wildman–Crippen LogP) is 1.64. The van der Waals surface area contributed by atoms with Crippen molar-refractivity contribution in [3.05, 3.63) is 17.5 Å². The van der Waals surface area contributed by atoms with E-state index in [1.165, 1.54) is 30.6 Å². The van der Waals surface area contributed by atoms with Gasteiger partial charge in [-0.05, 0) is 32.1 Å². The van der Waals surface area contributed by atoms with Crippen molar-refractivity contribution in [2.75, 3.05) is 19.6 Å². The molecule has 0 bridgehead atoms. The van der Waals surface area contributed by atoms with E-state index in [9.17, 15) is 0 Å². The van der Waals surface area contributed by atoms with Crippen molar-refractivity contribution >= 4 is 0 Å². The Labute approximate surface area is 110 Å². The van der Waals surface area contributed by atoms with Gasteiger partial charge in [0.25, 0.3) is 0 Å². The fourth-order valence-corrected chi connectivity index (χ4v) is 2.59. The van der Waals surface area contributed by atoms with E-state index in [4.69, 9.17) is 5.73 Å². The highest BCUT2D eigenvalue weighted by Gasteiger charge is 2.24. The average molecular weight is 250 g/mol. The first-order valence-electron chi connectivity index (χ1n) is 7.24. The molecule has 18 heavy (non-hydrogen) atoms. The molecular formula is C14H26N4. The molecule has 1 fully saturated rings. The third-order valence-electron chi connectivity index (χ3n) is 3.72. The lowest BCUT2D eigenvalue weighted by molar-refractivity contribution is 0.261. The maximum absolute atomic E-state index is 5.72. The summed E-state index contributed by atoms with van der Waals surface area (Å²) in [6, 6.07) is 0. The molecule has 0 saturated heterocycles. The minimum atomic E-state index is 0.746. The van der Waals surface area contributed by atoms with Crippen LogP contribution in [0.25, 0.3) is 0 Å². The molecule has 4 nitrogen and oxygen atoms in total. The van der Waals surface area contributed by atoms with E-state index in [-0.39, 0.29) is 0 Å². The molecule has 0 unspecified atom stereocenters. The molecule has 1 aliphatic rings. The molecule has 1 aromatic heterocycles. The summed E-state index contributed by atoms with van der Waals surface area (Å²) in [4.78, 5) is 2.49. The van der Waals surface area contributed by atoms with Gasteiger partial charge in [0.2, 0.25) is 0 Å². The SMILES string of the molecule is CCc1c(CN(CCN)CC2CC2)cnn1CC. The minimum absolute atomic E-state index is 0.746. The van der Waals surface area contributed by atoms with Crippen molar-refractivity contribution in [2.45, 2.75) is 46.2 Å². The van der Waals surface area contributed by atoms with Gasteiger partial charge in [-0.25, -0.2) is 0 Å². The molecule has 0 aromatic carbocycles. The van der Waals surface area contributed by atoms with Crippen LogP contribution in [0.3, 0.4) is 0 Å². The lowest BCUT2D eigenvalue weighted by Gasteiger charge is -2.21. The highest BCUT2D eigenvalue weighted by Crippen LogP contribution is 2.30. The van der Waals surface area contributed by atoms with Gasteiger partial charge in [-0.2, -0.15) is 5.10 Å². The third kappa shape index (κ3) is 3.33. The molecule has 0 amide bonds. The predicted molar refractivity (Wildman–Crippen MR) is 74.3 cm³/mol. The Balaban J connectivity index is 2.02. The molecular weight excluding hydrogens is 224 g/mol. The van der Waals surface area contributed by atoms with Crippen LogP contribution < -0.4 is 5.73 Å². The molecule has 2 rings (SSSR count). The summed E-state index contributed by atoms with van der Waals surface area (Å²) in [5.41, 5.74) is 8.49. The highest BCUT2D eigenvalue weighted by molar-refractivity contribution is 5.17. The summed E-state index contributed by atoms with van der Waals surface area (Å²) in [5.74, 6) is 0.919. The minimum Gasteiger partial charge on any atom is -0.329 e. The van der Waals surface area contributed by atoms with Crippen LogP contribution in [-0.2, 0) is 19.5 Å². The number of aromatic nitrogens is 2.